The van der Waals surface area contributed by atoms with Crippen LogP contribution in [0.15, 0.2) is 24.3 Å². The van der Waals surface area contributed by atoms with Crippen molar-refractivity contribution in [1.82, 2.24) is 20.1 Å². The molecular weight excluding hydrogens is 264 g/mol. The molecule has 0 bridgehead atoms. The van der Waals surface area contributed by atoms with Gasteiger partial charge in [0.05, 0.1) is 0 Å². The van der Waals surface area contributed by atoms with Crippen molar-refractivity contribution in [2.45, 2.75) is 38.6 Å². The topological polar surface area (TPSA) is 61.9 Å². The van der Waals surface area contributed by atoms with E-state index in [1.165, 1.54) is 5.56 Å². The molecule has 0 aliphatic heterocycles. The molecule has 21 heavy (non-hydrogen) atoms. The van der Waals surface area contributed by atoms with Crippen LogP contribution in [-0.2, 0) is 13.0 Å². The molecule has 1 N–H and O–H groups in total. The molecule has 5 nitrogen and oxygen atoms in total. The molecule has 0 radical (unpaired) electrons. The Hall–Kier alpha value is -2.17. The van der Waals surface area contributed by atoms with E-state index < -0.39 is 0 Å². The Morgan fingerprint density at radius 1 is 1.29 bits per heavy atom. The van der Waals surface area contributed by atoms with Crippen molar-refractivity contribution >= 4 is 5.91 Å². The van der Waals surface area contributed by atoms with Gasteiger partial charge >= 0.3 is 0 Å². The number of aryl methyl sites for hydroxylation is 1. The van der Waals surface area contributed by atoms with Gasteiger partial charge in [0.25, 0.3) is 5.91 Å². The summed E-state index contributed by atoms with van der Waals surface area (Å²) in [4.78, 5) is 18.3. The maximum Gasteiger partial charge on any atom is 0.293 e. The molecule has 1 heterocycles. The third-order valence-corrected chi connectivity index (χ3v) is 3.86. The molecule has 1 aromatic carbocycles. The Kier molecular flexibility index (Phi) is 3.73. The van der Waals surface area contributed by atoms with Gasteiger partial charge in [0.2, 0.25) is 5.82 Å². The number of aromatic nitrogens is 3. The van der Waals surface area contributed by atoms with Gasteiger partial charge in [-0.1, -0.05) is 31.2 Å². The quantitative estimate of drug-likeness (QED) is 0.917. The number of benzene rings is 1. The molecule has 0 unspecified atom stereocenters. The molecule has 1 aromatic heterocycles. The van der Waals surface area contributed by atoms with Crippen LogP contribution in [0.3, 0.4) is 0 Å². The molecule has 1 fully saturated rings. The van der Waals surface area contributed by atoms with E-state index in [0.29, 0.717) is 12.5 Å². The third kappa shape index (κ3) is 3.12. The van der Waals surface area contributed by atoms with Gasteiger partial charge in [0.15, 0.2) is 0 Å². The number of hydrogen-bond donors (Lipinski definition) is 1. The highest BCUT2D eigenvalue weighted by molar-refractivity contribution is 5.90. The molecule has 3 rings (SSSR count). The minimum Gasteiger partial charge on any atom is -0.335 e. The van der Waals surface area contributed by atoms with Gasteiger partial charge in [-0.3, -0.25) is 9.89 Å². The Labute approximate surface area is 124 Å². The molecular formula is C16H20N4O. The lowest BCUT2D eigenvalue weighted by Crippen LogP contribution is -2.27. The van der Waals surface area contributed by atoms with E-state index in [0.717, 1.165) is 30.7 Å². The number of hydrogen-bond acceptors (Lipinski definition) is 3. The van der Waals surface area contributed by atoms with Crippen LogP contribution in [0.1, 0.15) is 53.3 Å². The molecule has 0 saturated heterocycles. The Morgan fingerprint density at radius 3 is 2.57 bits per heavy atom. The summed E-state index contributed by atoms with van der Waals surface area (Å²) in [6, 6.07) is 8.34. The van der Waals surface area contributed by atoms with Crippen molar-refractivity contribution in [3.05, 3.63) is 47.0 Å². The van der Waals surface area contributed by atoms with Crippen LogP contribution in [0.2, 0.25) is 0 Å². The summed E-state index contributed by atoms with van der Waals surface area (Å²) in [5.41, 5.74) is 2.41. The zero-order chi connectivity index (χ0) is 14.8. The van der Waals surface area contributed by atoms with Crippen LogP contribution < -0.4 is 0 Å². The van der Waals surface area contributed by atoms with Gasteiger partial charge in [0.1, 0.15) is 5.82 Å². The molecule has 5 heteroatoms. The maximum absolute atomic E-state index is 12.3. The van der Waals surface area contributed by atoms with Crippen molar-refractivity contribution in [3.63, 3.8) is 0 Å². The number of amides is 1. The van der Waals surface area contributed by atoms with Gasteiger partial charge < -0.3 is 4.90 Å². The van der Waals surface area contributed by atoms with E-state index in [1.54, 1.807) is 11.9 Å². The fraction of sp³-hybridized carbons (Fsp3) is 0.438. The van der Waals surface area contributed by atoms with Crippen molar-refractivity contribution < 1.29 is 4.79 Å². The summed E-state index contributed by atoms with van der Waals surface area (Å²) in [7, 11) is 1.78. The van der Waals surface area contributed by atoms with Crippen LogP contribution in [0.25, 0.3) is 0 Å². The first kappa shape index (κ1) is 13.8. The van der Waals surface area contributed by atoms with Gasteiger partial charge in [-0.15, -0.1) is 5.10 Å². The number of nitrogens with zero attached hydrogens (tertiary/aromatic N) is 3. The third-order valence-electron chi connectivity index (χ3n) is 3.86. The zero-order valence-electron chi connectivity index (χ0n) is 12.5. The standard InChI is InChI=1S/C16H20N4O/c1-3-11-4-6-12(7-5-11)10-20(2)16(21)15-17-14(18-19-15)13-8-9-13/h4-7,13H,3,8-10H2,1-2H3,(H,17,18,19). The van der Waals surface area contributed by atoms with E-state index in [1.807, 2.05) is 0 Å². The van der Waals surface area contributed by atoms with E-state index in [9.17, 15) is 4.79 Å². The van der Waals surface area contributed by atoms with Gasteiger partial charge in [-0.2, -0.15) is 0 Å². The molecule has 1 aliphatic carbocycles. The number of H-pyrrole nitrogens is 1. The molecule has 0 atom stereocenters. The second-order valence-electron chi connectivity index (χ2n) is 5.65. The summed E-state index contributed by atoms with van der Waals surface area (Å²) in [6.07, 6.45) is 3.31. The van der Waals surface area contributed by atoms with E-state index in [2.05, 4.69) is 46.4 Å². The Bertz CT molecular complexity index is 628. The normalized spacial score (nSPS) is 14.2. The average Bonchev–Trinajstić information content (AvgIpc) is 3.25. The smallest absolute Gasteiger partial charge is 0.293 e. The highest BCUT2D eigenvalue weighted by Crippen LogP contribution is 2.37. The molecule has 1 aliphatic rings. The fourth-order valence-corrected chi connectivity index (χ4v) is 2.31. The van der Waals surface area contributed by atoms with Gasteiger partial charge in [-0.05, 0) is 30.4 Å². The second kappa shape index (κ2) is 5.68. The first-order valence-electron chi connectivity index (χ1n) is 7.43. The number of carbonyl (C=O) groups is 1. The van der Waals surface area contributed by atoms with E-state index >= 15 is 0 Å². The lowest BCUT2D eigenvalue weighted by Gasteiger charge is -2.15. The summed E-state index contributed by atoms with van der Waals surface area (Å²) >= 11 is 0. The van der Waals surface area contributed by atoms with E-state index in [4.69, 9.17) is 0 Å². The largest absolute Gasteiger partial charge is 0.335 e. The average molecular weight is 284 g/mol. The zero-order valence-corrected chi connectivity index (χ0v) is 12.5. The number of nitrogens with one attached hydrogen (secondary N) is 1. The summed E-state index contributed by atoms with van der Waals surface area (Å²) in [6.45, 7) is 2.70. The fourth-order valence-electron chi connectivity index (χ4n) is 2.31. The maximum atomic E-state index is 12.3. The van der Waals surface area contributed by atoms with Crippen LogP contribution in [-0.4, -0.2) is 33.0 Å². The first-order valence-corrected chi connectivity index (χ1v) is 7.43. The monoisotopic (exact) mass is 284 g/mol. The summed E-state index contributed by atoms with van der Waals surface area (Å²) < 4.78 is 0. The highest BCUT2D eigenvalue weighted by atomic mass is 16.2. The van der Waals surface area contributed by atoms with Gasteiger partial charge in [0, 0.05) is 19.5 Å². The van der Waals surface area contributed by atoms with Crippen LogP contribution in [0.5, 0.6) is 0 Å². The predicted octanol–water partition coefficient (Wildman–Crippen LogP) is 2.52. The molecule has 1 amide bonds. The molecule has 1 saturated carbocycles. The van der Waals surface area contributed by atoms with Crippen molar-refractivity contribution in [2.75, 3.05) is 7.05 Å². The van der Waals surface area contributed by atoms with E-state index in [-0.39, 0.29) is 11.7 Å². The van der Waals surface area contributed by atoms with Crippen LogP contribution >= 0.6 is 0 Å². The van der Waals surface area contributed by atoms with Crippen molar-refractivity contribution in [2.24, 2.45) is 0 Å². The Morgan fingerprint density at radius 2 is 1.95 bits per heavy atom. The number of carbonyl (C=O) groups excluding carboxylic acids is 1. The second-order valence-corrected chi connectivity index (χ2v) is 5.65. The minimum atomic E-state index is -0.141. The van der Waals surface area contributed by atoms with Crippen LogP contribution in [0, 0.1) is 0 Å². The SMILES string of the molecule is CCc1ccc(CN(C)C(=O)c2n[nH]c(C3CC3)n2)cc1. The molecule has 0 spiro atoms. The number of aromatic amines is 1. The number of rotatable bonds is 5. The summed E-state index contributed by atoms with van der Waals surface area (Å²) in [5, 5.41) is 6.91. The Balaban J connectivity index is 1.65. The summed E-state index contributed by atoms with van der Waals surface area (Å²) in [5.74, 6) is 1.45. The van der Waals surface area contributed by atoms with Crippen molar-refractivity contribution in [3.8, 4) is 0 Å². The lowest BCUT2D eigenvalue weighted by atomic mass is 10.1. The van der Waals surface area contributed by atoms with Gasteiger partial charge in [-0.25, -0.2) is 4.98 Å². The highest BCUT2D eigenvalue weighted by Gasteiger charge is 2.28. The van der Waals surface area contributed by atoms with Crippen molar-refractivity contribution in [1.29, 1.82) is 0 Å². The van der Waals surface area contributed by atoms with Crippen LogP contribution in [0.4, 0.5) is 0 Å². The minimum absolute atomic E-state index is 0.141. The first-order chi connectivity index (χ1) is 10.2. The molecule has 110 valence electrons. The lowest BCUT2D eigenvalue weighted by molar-refractivity contribution is 0.0773. The molecule has 2 aromatic rings. The predicted molar refractivity (Wildman–Crippen MR) is 80.0 cm³/mol.